The minimum absolute atomic E-state index is 0. The van der Waals surface area contributed by atoms with Crippen molar-refractivity contribution in [2.24, 2.45) is 113 Å². The standard InChI is InChI=1S/C23H31BrO4.C23H32O4.C21H28O3.C21H26O3.C21H26O2.C2H2.C2H.BrH.Mg/c1-14(25)28-16-6-8-21(2)15(12-16)4-5-17-18(21)7-9-22(3)19(17)13-20(24)23(22)26-10-11-27-23;1-15(24)27-17-6-9-21(2)16(14-17)4-5-18-19(21)7-10-22(3)20(18)8-11-23(22)25-12-13-26-23;1-19-8-5-15(22)13-14(19)3-4-16-17(19)6-9-20(2)18(16)7-10-21(20)23-11-12-24-21;1-13(22)24-15-8-10-20(2)14(12-15)4-5-16-17-6-7-19(23)21(17,3)11-9-18(16)20;1-4-21(23)12-9-18-16-6-5-14-13-15(22)7-10-19(14,2)17(16)8-11-20(18,21)3;2*1-2;;/h6,8,15-16,19-20H,4-5,7,9-13H2,1-3H3;6,9,16-17,20H,4-5,7-8,10-14H2,1-3H3;5,7-8,10,14-15,18,22H,3-4,6,9,11-13H2,1-2H3;6-8,10,14-15,17H,4-5,9,11-12H2,1-3H3;1,7,9-10,12,14-15,18,22-23H,5-6,8,11,13H2,2-3H3;1-2H;1H;1H;/q;;;;;;-1;;+2/p-1/t15?,16?,19?,20?,21-,22-;16?,17?,20?,21-,22-;14?,15?,18?,19-,20-;14?,15?,17?,20-,21-;14?,15-,18?,19-,20-,21-;;;;/m00000..../s1. The van der Waals surface area contributed by atoms with Crippen molar-refractivity contribution in [3.8, 4) is 31.6 Å². The van der Waals surface area contributed by atoms with Gasteiger partial charge in [-0.2, -0.15) is 0 Å². The third-order valence-corrected chi connectivity index (χ3v) is 40.5. The van der Waals surface area contributed by atoms with Gasteiger partial charge in [-0.3, -0.25) is 19.2 Å². The SMILES string of the molecule is C#C.C#C[C@]1(O)C=CC2C3=C(CC[C@@]21C)[C@@]1(C)C=C[C@H](O)CC1CC3.CC(=O)OC1C=C[C@]2(C)C3=C(CCC2C1)C1C=CC(=O)[C@@]1(C)CC3.CC(=O)OC1C=C[C@]2(C)C3=C(CCC2C1)C1CC(Br)C2(OCCO2)[C@@]1(C)CC3.CC(=O)OC1C=C[C@]2(C)C3=C(CCC2C1)C1CCC2(OCCO2)[C@@]1(C)CC3.C[C@]12CCC3=C(CCC4CC(O)C=C[C@]34C)C1C=CC21OCCO1.[Br-].[C-]#C.[Mg+2]. The molecule has 23 aliphatic rings. The Hall–Kier alpha value is -5.25. The van der Waals surface area contributed by atoms with Gasteiger partial charge in [0, 0.05) is 99.1 Å². The summed E-state index contributed by atoms with van der Waals surface area (Å²) in [4.78, 5) is 46.6. The Bertz CT molecular complexity index is 5010. The second kappa shape index (κ2) is 37.4. The fraction of sp³-hybridized carbons (Fsp3) is 0.681. The number of halogens is 2. The molecule has 2 saturated carbocycles. The summed E-state index contributed by atoms with van der Waals surface area (Å²) in [7, 11) is 0. The van der Waals surface area contributed by atoms with Crippen molar-refractivity contribution in [2.75, 3.05) is 39.6 Å². The third kappa shape index (κ3) is 15.9. The van der Waals surface area contributed by atoms with Crippen LogP contribution in [0.3, 0.4) is 0 Å². The van der Waals surface area contributed by atoms with Crippen LogP contribution < -0.4 is 17.0 Å². The van der Waals surface area contributed by atoms with E-state index in [1.54, 1.807) is 44.6 Å². The number of allylic oxidation sites excluding steroid dienone is 19. The molecule has 15 unspecified atom stereocenters. The molecule has 27 atom stereocenters. The zero-order valence-electron chi connectivity index (χ0n) is 80.9. The maximum absolute atomic E-state index is 12.3. The summed E-state index contributed by atoms with van der Waals surface area (Å²) < 4.78 is 53.7. The smallest absolute Gasteiger partial charge is 1.00 e. The normalized spacial score (nSPS) is 44.6. The average molecular weight is 1940 g/mol. The van der Waals surface area contributed by atoms with Crippen LogP contribution in [0.5, 0.6) is 0 Å². The number of ether oxygens (including phenoxy) is 9. The fourth-order valence-corrected chi connectivity index (χ4v) is 33.2. The topological polar surface area (TPSA) is 212 Å². The van der Waals surface area contributed by atoms with Gasteiger partial charge in [0.15, 0.2) is 23.1 Å². The van der Waals surface area contributed by atoms with E-state index >= 15 is 0 Å². The Morgan fingerprint density at radius 3 is 1.22 bits per heavy atom. The average Bonchev–Trinajstić information content (AvgIpc) is 1.56. The summed E-state index contributed by atoms with van der Waals surface area (Å²) in [5.41, 5.74) is 15.2. The maximum atomic E-state index is 12.3. The van der Waals surface area contributed by atoms with Crippen LogP contribution in [-0.4, -0.2) is 160 Å². The molecule has 710 valence electrons. The van der Waals surface area contributed by atoms with Gasteiger partial charge in [0.1, 0.15) is 23.9 Å². The van der Waals surface area contributed by atoms with Crippen LogP contribution in [0.2, 0.25) is 0 Å². The molecule has 0 bridgehead atoms. The molecule has 19 heteroatoms. The molecule has 3 saturated heterocycles. The van der Waals surface area contributed by atoms with E-state index in [1.165, 1.54) is 64.0 Å². The molecule has 132 heavy (non-hydrogen) atoms. The van der Waals surface area contributed by atoms with Crippen LogP contribution in [-0.2, 0) is 61.8 Å². The van der Waals surface area contributed by atoms with Gasteiger partial charge in [-0.1, -0.05) is 208 Å². The van der Waals surface area contributed by atoms with Gasteiger partial charge < -0.3 is 87.8 Å². The van der Waals surface area contributed by atoms with Crippen molar-refractivity contribution in [1.82, 2.24) is 0 Å². The van der Waals surface area contributed by atoms with Crippen molar-refractivity contribution >= 4 is 62.7 Å². The van der Waals surface area contributed by atoms with Crippen molar-refractivity contribution in [3.63, 3.8) is 0 Å². The maximum Gasteiger partial charge on any atom is 2.00 e. The molecule has 0 radical (unpaired) electrons. The molecule has 3 aliphatic heterocycles. The summed E-state index contributed by atoms with van der Waals surface area (Å²) >= 11 is 3.94. The van der Waals surface area contributed by atoms with Gasteiger partial charge in [-0.05, 0) is 251 Å². The molecule has 3 N–H and O–H groups in total. The number of aliphatic hydroxyl groups is 3. The van der Waals surface area contributed by atoms with E-state index < -0.39 is 17.2 Å². The minimum atomic E-state index is -1.12. The van der Waals surface area contributed by atoms with Crippen LogP contribution in [0.1, 0.15) is 270 Å². The number of carbonyl (C=O) groups is 4. The zero-order chi connectivity index (χ0) is 92.7. The molecular formula is C113H146Br2MgO16. The van der Waals surface area contributed by atoms with E-state index in [1.807, 2.05) is 24.3 Å². The Morgan fingerprint density at radius 1 is 0.417 bits per heavy atom. The summed E-state index contributed by atoms with van der Waals surface area (Å²) in [6.07, 6.45) is 86.4. The second-order valence-electron chi connectivity index (χ2n) is 45.1. The molecule has 5 fully saturated rings. The molecule has 0 aromatic carbocycles. The van der Waals surface area contributed by atoms with Gasteiger partial charge in [-0.25, -0.2) is 0 Å². The van der Waals surface area contributed by atoms with Gasteiger partial charge in [-0.15, -0.1) is 19.3 Å². The summed E-state index contributed by atoms with van der Waals surface area (Å²) in [6, 6.07) is 0. The predicted octanol–water partition coefficient (Wildman–Crippen LogP) is 17.8. The first-order valence-electron chi connectivity index (χ1n) is 49.7. The first kappa shape index (κ1) is 101. The Kier molecular flexibility index (Phi) is 28.7. The number of fused-ring (bicyclic) bond motifs is 23. The molecule has 0 amide bonds. The first-order chi connectivity index (χ1) is 61.8. The number of hydrogen-bond acceptors (Lipinski definition) is 16. The largest absolute Gasteiger partial charge is 2.00 e. The summed E-state index contributed by atoms with van der Waals surface area (Å²) in [5.74, 6) is 5.98. The van der Waals surface area contributed by atoms with E-state index in [-0.39, 0.29) is 159 Å². The van der Waals surface area contributed by atoms with E-state index in [2.05, 4.69) is 183 Å². The fourth-order valence-electron chi connectivity index (χ4n) is 32.1. The predicted molar refractivity (Wildman–Crippen MR) is 511 cm³/mol. The van der Waals surface area contributed by atoms with Crippen LogP contribution in [0, 0.1) is 151 Å². The Morgan fingerprint density at radius 2 is 0.773 bits per heavy atom. The van der Waals surface area contributed by atoms with Crippen molar-refractivity contribution < 1.29 is 94.1 Å². The zero-order valence-corrected chi connectivity index (χ0v) is 85.5. The van der Waals surface area contributed by atoms with Crippen LogP contribution in [0.4, 0.5) is 0 Å². The van der Waals surface area contributed by atoms with E-state index in [0.29, 0.717) is 85.5 Å². The van der Waals surface area contributed by atoms with Gasteiger partial charge in [0.2, 0.25) is 0 Å². The number of esters is 3. The van der Waals surface area contributed by atoms with E-state index in [9.17, 15) is 34.5 Å². The minimum Gasteiger partial charge on any atom is -1.00 e. The molecule has 3 heterocycles. The summed E-state index contributed by atoms with van der Waals surface area (Å²) in [6.45, 7) is 32.2. The number of hydrogen-bond donors (Lipinski definition) is 3. The number of aliphatic hydroxyl groups excluding tert-OH is 2. The van der Waals surface area contributed by atoms with Crippen molar-refractivity contribution in [3.05, 3.63) is 159 Å². The molecule has 16 nitrogen and oxygen atoms in total. The quantitative estimate of drug-likeness (QED) is 0.0456. The molecule has 0 aromatic heterocycles. The Balaban J connectivity index is 0.000000125. The first-order valence-corrected chi connectivity index (χ1v) is 50.6. The third-order valence-electron chi connectivity index (χ3n) is 39.5. The van der Waals surface area contributed by atoms with Gasteiger partial charge in [0.25, 0.3) is 0 Å². The number of rotatable bonds is 3. The van der Waals surface area contributed by atoms with Crippen LogP contribution >= 0.6 is 15.9 Å². The molecule has 23 rings (SSSR count). The number of alkyl halides is 1. The number of terminal acetylenes is 3. The van der Waals surface area contributed by atoms with Gasteiger partial charge >= 0.3 is 41.0 Å². The number of ketones is 1. The second-order valence-corrected chi connectivity index (χ2v) is 46.2. The molecular weight excluding hydrogens is 1800 g/mol. The van der Waals surface area contributed by atoms with Crippen molar-refractivity contribution in [2.45, 2.75) is 328 Å². The van der Waals surface area contributed by atoms with Crippen molar-refractivity contribution in [1.29, 1.82) is 0 Å². The van der Waals surface area contributed by atoms with Gasteiger partial charge in [0.05, 0.1) is 56.7 Å². The van der Waals surface area contributed by atoms with Crippen LogP contribution in [0.25, 0.3) is 0 Å². The van der Waals surface area contributed by atoms with Crippen LogP contribution in [0.15, 0.2) is 153 Å². The Labute approximate surface area is 822 Å². The molecule has 0 aromatic rings. The van der Waals surface area contributed by atoms with E-state index in [4.69, 9.17) is 55.5 Å². The molecule has 20 aliphatic carbocycles. The van der Waals surface area contributed by atoms with E-state index in [0.717, 1.165) is 161 Å². The summed E-state index contributed by atoms with van der Waals surface area (Å²) in [5, 5.41) is 30.9. The monoisotopic (exact) mass is 1940 g/mol. The number of carbonyl (C=O) groups excluding carboxylic acids is 4. The molecule has 3 spiro atoms.